The number of carboxylic acids is 1. The second-order valence-corrected chi connectivity index (χ2v) is 8.60. The van der Waals surface area contributed by atoms with Crippen molar-refractivity contribution in [3.63, 3.8) is 0 Å². The molecule has 140 valence electrons. The molecule has 0 saturated carbocycles. The smallest absolute Gasteiger partial charge is 0.334 e. The van der Waals surface area contributed by atoms with E-state index in [1.807, 2.05) is 0 Å². The Kier molecular flexibility index (Phi) is 9.73. The summed E-state index contributed by atoms with van der Waals surface area (Å²) in [5.74, 6) is -2.16. The Labute approximate surface area is 141 Å². The molecular formula is C12H22N2O8S2. The van der Waals surface area contributed by atoms with Crippen LogP contribution in [0, 0.1) is 0 Å². The number of ether oxygens (including phenoxy) is 1. The van der Waals surface area contributed by atoms with Gasteiger partial charge in [0.2, 0.25) is 20.0 Å². The van der Waals surface area contributed by atoms with Crippen molar-refractivity contribution in [2.75, 3.05) is 32.2 Å². The number of hydrogen-bond acceptors (Lipinski definition) is 7. The number of carboxylic acid groups (broad SMARTS) is 1. The van der Waals surface area contributed by atoms with E-state index in [1.54, 1.807) is 0 Å². The number of carbonyl (C=O) groups excluding carboxylic acids is 1. The van der Waals surface area contributed by atoms with E-state index in [9.17, 15) is 26.4 Å². The Balaban J connectivity index is 4.34. The van der Waals surface area contributed by atoms with E-state index in [1.165, 1.54) is 0 Å². The zero-order valence-electron chi connectivity index (χ0n) is 13.4. The van der Waals surface area contributed by atoms with Crippen molar-refractivity contribution in [2.24, 2.45) is 0 Å². The third-order valence-corrected chi connectivity index (χ3v) is 3.92. The van der Waals surface area contributed by atoms with Gasteiger partial charge in [-0.25, -0.2) is 35.9 Å². The fourth-order valence-corrected chi connectivity index (χ4v) is 2.54. The summed E-state index contributed by atoms with van der Waals surface area (Å²) in [6, 6.07) is 0. The highest BCUT2D eigenvalue weighted by Crippen LogP contribution is 2.08. The van der Waals surface area contributed by atoms with Gasteiger partial charge in [-0.1, -0.05) is 0 Å². The van der Waals surface area contributed by atoms with Gasteiger partial charge in [-0.3, -0.25) is 0 Å². The summed E-state index contributed by atoms with van der Waals surface area (Å²) in [6.45, 7) is 0.0592. The van der Waals surface area contributed by atoms with Gasteiger partial charge in [0, 0.05) is 24.7 Å². The lowest BCUT2D eigenvalue weighted by Gasteiger charge is -2.08. The lowest BCUT2D eigenvalue weighted by molar-refractivity contribution is -0.140. The molecule has 0 spiro atoms. The lowest BCUT2D eigenvalue weighted by atomic mass is 10.1. The molecule has 0 aliphatic rings. The topological polar surface area (TPSA) is 156 Å². The Morgan fingerprint density at radius 1 is 1.00 bits per heavy atom. The molecule has 0 aliphatic carbocycles. The molecule has 0 aromatic carbocycles. The monoisotopic (exact) mass is 386 g/mol. The first-order valence-electron chi connectivity index (χ1n) is 6.90. The van der Waals surface area contributed by atoms with Crippen molar-refractivity contribution < 1.29 is 36.3 Å². The third-order valence-electron chi connectivity index (χ3n) is 2.47. The Morgan fingerprint density at radius 2 is 1.50 bits per heavy atom. The molecule has 0 amide bonds. The Hall–Kier alpha value is -1.50. The van der Waals surface area contributed by atoms with Gasteiger partial charge < -0.3 is 9.84 Å². The average molecular weight is 386 g/mol. The Bertz CT molecular complexity index is 667. The van der Waals surface area contributed by atoms with Crippen molar-refractivity contribution >= 4 is 32.0 Å². The van der Waals surface area contributed by atoms with Crippen LogP contribution in [0.2, 0.25) is 0 Å². The molecule has 0 radical (unpaired) electrons. The minimum Gasteiger partial charge on any atom is -0.478 e. The van der Waals surface area contributed by atoms with Crippen LogP contribution in [0.5, 0.6) is 0 Å². The number of hydrogen-bond donors (Lipinski definition) is 3. The zero-order chi connectivity index (χ0) is 18.8. The molecule has 10 nitrogen and oxygen atoms in total. The van der Waals surface area contributed by atoms with E-state index in [2.05, 4.69) is 9.44 Å². The summed E-state index contributed by atoms with van der Waals surface area (Å²) >= 11 is 0. The fraction of sp³-hybridized carbons (Fsp3) is 0.667. The van der Waals surface area contributed by atoms with Gasteiger partial charge in [-0.2, -0.15) is 0 Å². The summed E-state index contributed by atoms with van der Waals surface area (Å²) in [6.07, 6.45) is 3.16. The molecule has 3 N–H and O–H groups in total. The number of nitrogens with one attached hydrogen (secondary N) is 2. The second kappa shape index (κ2) is 10.4. The molecule has 0 fully saturated rings. The Morgan fingerprint density at radius 3 is 1.96 bits per heavy atom. The first-order valence-corrected chi connectivity index (χ1v) is 10.7. The highest BCUT2D eigenvalue weighted by molar-refractivity contribution is 7.89. The molecule has 12 heteroatoms. The lowest BCUT2D eigenvalue weighted by Crippen LogP contribution is -2.24. The van der Waals surface area contributed by atoms with E-state index in [0.717, 1.165) is 12.5 Å². The van der Waals surface area contributed by atoms with Crippen LogP contribution in [-0.2, 0) is 34.4 Å². The van der Waals surface area contributed by atoms with Crippen molar-refractivity contribution in [1.29, 1.82) is 0 Å². The summed E-state index contributed by atoms with van der Waals surface area (Å²) in [7, 11) is -6.68. The van der Waals surface area contributed by atoms with Crippen LogP contribution >= 0.6 is 0 Å². The van der Waals surface area contributed by atoms with Crippen LogP contribution < -0.4 is 9.44 Å². The van der Waals surface area contributed by atoms with Crippen LogP contribution in [0.4, 0.5) is 0 Å². The van der Waals surface area contributed by atoms with Crippen molar-refractivity contribution in [3.05, 3.63) is 11.6 Å². The van der Waals surface area contributed by atoms with Gasteiger partial charge in [-0.15, -0.1) is 0 Å². The van der Waals surface area contributed by atoms with E-state index < -0.39 is 32.0 Å². The maximum absolute atomic E-state index is 11.8. The number of sulfonamides is 2. The minimum absolute atomic E-state index is 0.0231. The molecule has 0 rings (SSSR count). The van der Waals surface area contributed by atoms with Crippen LogP contribution in [-0.4, -0.2) is 66.1 Å². The third kappa shape index (κ3) is 14.1. The molecule has 0 aliphatic heterocycles. The number of rotatable bonds is 12. The maximum atomic E-state index is 11.8. The normalized spacial score (nSPS) is 12.8. The predicted octanol–water partition coefficient (Wildman–Crippen LogP) is -1.19. The van der Waals surface area contributed by atoms with E-state index in [0.29, 0.717) is 6.08 Å². The van der Waals surface area contributed by atoms with Crippen LogP contribution in [0.15, 0.2) is 11.6 Å². The molecule has 0 unspecified atom stereocenters. The molecule has 0 heterocycles. The molecule has 0 saturated heterocycles. The molecule has 0 atom stereocenters. The van der Waals surface area contributed by atoms with Crippen LogP contribution in [0.25, 0.3) is 0 Å². The first-order chi connectivity index (χ1) is 10.9. The van der Waals surface area contributed by atoms with Gasteiger partial charge in [0.25, 0.3) is 0 Å². The minimum atomic E-state index is -3.36. The predicted molar refractivity (Wildman–Crippen MR) is 86.2 cm³/mol. The standard InChI is InChI=1S/C12H22N2O8S2/c1-23(18,19)13-6-3-5-10(9-11(15)16)12(17)22-8-4-7-14-24(2,20)21/h9,13-14H,3-8H2,1-2H3,(H,15,16). The highest BCUT2D eigenvalue weighted by Gasteiger charge is 2.13. The van der Waals surface area contributed by atoms with Crippen molar-refractivity contribution in [1.82, 2.24) is 9.44 Å². The van der Waals surface area contributed by atoms with Crippen LogP contribution in [0.3, 0.4) is 0 Å². The van der Waals surface area contributed by atoms with Gasteiger partial charge in [0.1, 0.15) is 0 Å². The summed E-state index contributed by atoms with van der Waals surface area (Å²) in [4.78, 5) is 22.5. The average Bonchev–Trinajstić information content (AvgIpc) is 2.38. The van der Waals surface area contributed by atoms with E-state index in [4.69, 9.17) is 9.84 Å². The van der Waals surface area contributed by atoms with Gasteiger partial charge in [0.15, 0.2) is 0 Å². The molecule has 24 heavy (non-hydrogen) atoms. The summed E-state index contributed by atoms with van der Waals surface area (Å²) in [5, 5.41) is 8.75. The number of aliphatic carboxylic acids is 1. The second-order valence-electron chi connectivity index (χ2n) is 4.93. The van der Waals surface area contributed by atoms with Gasteiger partial charge >= 0.3 is 11.9 Å². The van der Waals surface area contributed by atoms with Gasteiger partial charge in [-0.05, 0) is 19.3 Å². The van der Waals surface area contributed by atoms with Crippen molar-refractivity contribution in [3.8, 4) is 0 Å². The largest absolute Gasteiger partial charge is 0.478 e. The number of carbonyl (C=O) groups is 2. The molecule has 0 aromatic heterocycles. The molecular weight excluding hydrogens is 364 g/mol. The molecule has 0 bridgehead atoms. The first kappa shape index (κ1) is 22.5. The quantitative estimate of drug-likeness (QED) is 0.215. The number of esters is 1. The maximum Gasteiger partial charge on any atom is 0.334 e. The summed E-state index contributed by atoms with van der Waals surface area (Å²) in [5.41, 5.74) is -0.103. The SMILES string of the molecule is CS(=O)(=O)NCCCOC(=O)C(=CC(=O)O)CCCNS(C)(=O)=O. The van der Waals surface area contributed by atoms with Crippen LogP contribution in [0.1, 0.15) is 19.3 Å². The van der Waals surface area contributed by atoms with E-state index >= 15 is 0 Å². The fourth-order valence-electron chi connectivity index (χ4n) is 1.51. The van der Waals surface area contributed by atoms with E-state index in [-0.39, 0.29) is 44.5 Å². The summed E-state index contributed by atoms with van der Waals surface area (Å²) < 4.78 is 52.8. The van der Waals surface area contributed by atoms with Crippen molar-refractivity contribution in [2.45, 2.75) is 19.3 Å². The van der Waals surface area contributed by atoms with Gasteiger partial charge in [0.05, 0.1) is 19.1 Å². The zero-order valence-corrected chi connectivity index (χ0v) is 15.1. The highest BCUT2D eigenvalue weighted by atomic mass is 32.2. The molecule has 0 aromatic rings.